The van der Waals surface area contributed by atoms with Crippen molar-refractivity contribution in [2.24, 2.45) is 0 Å². The number of hydrogen-bond acceptors (Lipinski definition) is 2. The van der Waals surface area contributed by atoms with Gasteiger partial charge in [-0.3, -0.25) is 0 Å². The highest BCUT2D eigenvalue weighted by molar-refractivity contribution is 9.10. The van der Waals surface area contributed by atoms with Crippen LogP contribution in [0.2, 0.25) is 0 Å². The topological polar surface area (TPSA) is 48.9 Å². The van der Waals surface area contributed by atoms with Crippen LogP contribution in [0, 0.1) is 0 Å². The van der Waals surface area contributed by atoms with Gasteiger partial charge in [0.25, 0.3) is 0 Å². The number of halogens is 1. The van der Waals surface area contributed by atoms with E-state index >= 15 is 0 Å². The van der Waals surface area contributed by atoms with Gasteiger partial charge in [-0.15, -0.1) is 0 Å². The predicted octanol–water partition coefficient (Wildman–Crippen LogP) is 2.55. The number of aliphatic hydroxyl groups is 1. The summed E-state index contributed by atoms with van der Waals surface area (Å²) < 4.78 is 0.964. The molecule has 0 unspecified atom stereocenters. The van der Waals surface area contributed by atoms with E-state index in [9.17, 15) is 5.11 Å². The number of rotatable bonds is 1. The Balaban J connectivity index is 2.66. The van der Waals surface area contributed by atoms with Crippen molar-refractivity contribution < 1.29 is 5.11 Å². The Labute approximate surface area is 90.3 Å². The van der Waals surface area contributed by atoms with Gasteiger partial charge in [-0.2, -0.15) is 0 Å². The lowest BCUT2D eigenvalue weighted by Gasteiger charge is -2.16. The molecular weight excluding hydrogens is 244 g/mol. The van der Waals surface area contributed by atoms with E-state index in [2.05, 4.69) is 25.9 Å². The van der Waals surface area contributed by atoms with Crippen molar-refractivity contribution in [1.82, 2.24) is 9.97 Å². The molecule has 0 fully saturated rings. The van der Waals surface area contributed by atoms with Crippen LogP contribution in [0.4, 0.5) is 0 Å². The zero-order chi connectivity index (χ0) is 10.3. The van der Waals surface area contributed by atoms with Gasteiger partial charge in [0, 0.05) is 27.8 Å². The van der Waals surface area contributed by atoms with Crippen LogP contribution in [-0.4, -0.2) is 15.1 Å². The van der Waals surface area contributed by atoms with Gasteiger partial charge in [0.2, 0.25) is 0 Å². The number of aromatic amines is 1. The summed E-state index contributed by atoms with van der Waals surface area (Å²) in [4.78, 5) is 7.25. The smallest absolute Gasteiger partial charge is 0.138 e. The molecule has 3 nitrogen and oxygen atoms in total. The zero-order valence-electron chi connectivity index (χ0n) is 8.00. The number of nitrogens with zero attached hydrogens (tertiary/aromatic N) is 1. The Bertz CT molecular complexity index is 470. The average molecular weight is 255 g/mol. The standard InChI is InChI=1S/C10H11BrN2O/c1-10(2,14)6-3-7-8(11)5-13-9(7)12-4-6/h3-5,14H,1-2H3,(H,12,13). The van der Waals surface area contributed by atoms with Gasteiger partial charge in [-0.25, -0.2) is 4.98 Å². The van der Waals surface area contributed by atoms with Crippen LogP contribution >= 0.6 is 15.9 Å². The van der Waals surface area contributed by atoms with Crippen molar-refractivity contribution in [1.29, 1.82) is 0 Å². The van der Waals surface area contributed by atoms with Crippen LogP contribution in [-0.2, 0) is 5.60 Å². The largest absolute Gasteiger partial charge is 0.386 e. The third kappa shape index (κ3) is 1.55. The lowest BCUT2D eigenvalue weighted by atomic mass is 10.00. The second-order valence-corrected chi connectivity index (χ2v) is 4.67. The predicted molar refractivity (Wildman–Crippen MR) is 59.0 cm³/mol. The van der Waals surface area contributed by atoms with Crippen LogP contribution in [0.15, 0.2) is 22.9 Å². The Hall–Kier alpha value is -0.870. The molecule has 14 heavy (non-hydrogen) atoms. The molecule has 74 valence electrons. The number of hydrogen-bond donors (Lipinski definition) is 2. The first-order valence-electron chi connectivity index (χ1n) is 4.34. The van der Waals surface area contributed by atoms with Crippen LogP contribution < -0.4 is 0 Å². The molecule has 0 spiro atoms. The molecule has 0 aliphatic carbocycles. The highest BCUT2D eigenvalue weighted by atomic mass is 79.9. The molecule has 2 heterocycles. The molecule has 0 aliphatic heterocycles. The van der Waals surface area contributed by atoms with Crippen LogP contribution in [0.25, 0.3) is 11.0 Å². The first kappa shape index (κ1) is 9.68. The SMILES string of the molecule is CC(C)(O)c1cnc2[nH]cc(Br)c2c1. The number of nitrogens with one attached hydrogen (secondary N) is 1. The molecule has 0 radical (unpaired) electrons. The Kier molecular flexibility index (Phi) is 2.12. The summed E-state index contributed by atoms with van der Waals surface area (Å²) in [6.45, 7) is 3.49. The van der Waals surface area contributed by atoms with Crippen molar-refractivity contribution >= 4 is 27.0 Å². The number of fused-ring (bicyclic) bond motifs is 1. The number of H-pyrrole nitrogens is 1. The second-order valence-electron chi connectivity index (χ2n) is 3.82. The van der Waals surface area contributed by atoms with Crippen molar-refractivity contribution in [2.45, 2.75) is 19.4 Å². The van der Waals surface area contributed by atoms with E-state index in [4.69, 9.17) is 0 Å². The van der Waals surface area contributed by atoms with Crippen LogP contribution in [0.3, 0.4) is 0 Å². The van der Waals surface area contributed by atoms with Crippen LogP contribution in [0.1, 0.15) is 19.4 Å². The van der Waals surface area contributed by atoms with Gasteiger partial charge in [0.1, 0.15) is 5.65 Å². The molecule has 0 saturated carbocycles. The molecule has 2 N–H and O–H groups in total. The monoisotopic (exact) mass is 254 g/mol. The molecule has 0 amide bonds. The quantitative estimate of drug-likeness (QED) is 0.822. The highest BCUT2D eigenvalue weighted by Gasteiger charge is 2.17. The molecular formula is C10H11BrN2O. The minimum Gasteiger partial charge on any atom is -0.386 e. The Morgan fingerprint density at radius 2 is 2.21 bits per heavy atom. The van der Waals surface area contributed by atoms with E-state index in [1.54, 1.807) is 20.0 Å². The first-order chi connectivity index (χ1) is 6.48. The summed E-state index contributed by atoms with van der Waals surface area (Å²) in [6.07, 6.45) is 3.52. The maximum Gasteiger partial charge on any atom is 0.138 e. The third-order valence-corrected chi connectivity index (χ3v) is 2.84. The average Bonchev–Trinajstić information content (AvgIpc) is 2.46. The maximum atomic E-state index is 9.81. The van der Waals surface area contributed by atoms with Gasteiger partial charge in [-0.1, -0.05) is 0 Å². The first-order valence-corrected chi connectivity index (χ1v) is 5.13. The van der Waals surface area contributed by atoms with Crippen LogP contribution in [0.5, 0.6) is 0 Å². The van der Waals surface area contributed by atoms with E-state index in [0.29, 0.717) is 0 Å². The van der Waals surface area contributed by atoms with Crippen molar-refractivity contribution in [3.8, 4) is 0 Å². The van der Waals surface area contributed by atoms with Gasteiger partial charge in [-0.05, 0) is 35.8 Å². The third-order valence-electron chi connectivity index (χ3n) is 2.19. The normalized spacial score (nSPS) is 12.3. The lowest BCUT2D eigenvalue weighted by Crippen LogP contribution is -2.15. The van der Waals surface area contributed by atoms with Gasteiger partial charge in [0.05, 0.1) is 5.60 Å². The Morgan fingerprint density at radius 1 is 1.50 bits per heavy atom. The number of pyridine rings is 1. The molecule has 0 saturated heterocycles. The lowest BCUT2D eigenvalue weighted by molar-refractivity contribution is 0.0784. The molecule has 0 aromatic carbocycles. The fraction of sp³-hybridized carbons (Fsp3) is 0.300. The summed E-state index contributed by atoms with van der Waals surface area (Å²) in [5.74, 6) is 0. The molecule has 0 bridgehead atoms. The van der Waals surface area contributed by atoms with E-state index < -0.39 is 5.60 Å². The van der Waals surface area contributed by atoms with Crippen molar-refractivity contribution in [3.63, 3.8) is 0 Å². The maximum absolute atomic E-state index is 9.81. The van der Waals surface area contributed by atoms with Crippen molar-refractivity contribution in [2.75, 3.05) is 0 Å². The zero-order valence-corrected chi connectivity index (χ0v) is 9.59. The fourth-order valence-electron chi connectivity index (χ4n) is 1.31. The van der Waals surface area contributed by atoms with E-state index in [-0.39, 0.29) is 0 Å². The minimum atomic E-state index is -0.849. The van der Waals surface area contributed by atoms with Gasteiger partial charge in [0.15, 0.2) is 0 Å². The summed E-state index contributed by atoms with van der Waals surface area (Å²) in [5.41, 5.74) is 0.785. The molecule has 4 heteroatoms. The Morgan fingerprint density at radius 3 is 2.86 bits per heavy atom. The summed E-state index contributed by atoms with van der Waals surface area (Å²) in [6, 6.07) is 1.93. The summed E-state index contributed by atoms with van der Waals surface area (Å²) in [5, 5.41) is 10.8. The second kappa shape index (κ2) is 3.07. The van der Waals surface area contributed by atoms with E-state index in [0.717, 1.165) is 21.1 Å². The molecule has 2 rings (SSSR count). The highest BCUT2D eigenvalue weighted by Crippen LogP contribution is 2.26. The van der Waals surface area contributed by atoms with E-state index in [1.165, 1.54) is 0 Å². The minimum absolute atomic E-state index is 0.810. The summed E-state index contributed by atoms with van der Waals surface area (Å²) >= 11 is 3.41. The van der Waals surface area contributed by atoms with Crippen molar-refractivity contribution in [3.05, 3.63) is 28.5 Å². The molecule has 0 aliphatic rings. The molecule has 2 aromatic rings. The molecule has 2 aromatic heterocycles. The van der Waals surface area contributed by atoms with Gasteiger partial charge >= 0.3 is 0 Å². The number of aromatic nitrogens is 2. The fourth-order valence-corrected chi connectivity index (χ4v) is 1.72. The van der Waals surface area contributed by atoms with Gasteiger partial charge < -0.3 is 10.1 Å². The summed E-state index contributed by atoms with van der Waals surface area (Å²) in [7, 11) is 0. The molecule has 0 atom stereocenters. The van der Waals surface area contributed by atoms with E-state index in [1.807, 2.05) is 12.3 Å².